The Morgan fingerprint density at radius 1 is 1.60 bits per heavy atom. The zero-order valence-corrected chi connectivity index (χ0v) is 12.5. The highest BCUT2D eigenvalue weighted by Gasteiger charge is 2.47. The molecule has 1 aliphatic heterocycles. The number of alkyl halides is 2. The van der Waals surface area contributed by atoms with Crippen molar-refractivity contribution < 1.29 is 4.79 Å². The van der Waals surface area contributed by atoms with E-state index in [-0.39, 0.29) is 6.04 Å². The minimum absolute atomic E-state index is 0.297. The van der Waals surface area contributed by atoms with Gasteiger partial charge in [-0.05, 0) is 22.0 Å². The van der Waals surface area contributed by atoms with Crippen LogP contribution in [0.4, 0.5) is 5.82 Å². The zero-order valence-electron chi connectivity index (χ0n) is 7.75. The topological polar surface area (TPSA) is 33.2 Å². The predicted octanol–water partition coefficient (Wildman–Crippen LogP) is 2.80. The highest BCUT2D eigenvalue weighted by molar-refractivity contribution is 9.24. The maximum Gasteiger partial charge on any atom is 0.145 e. The lowest BCUT2D eigenvalue weighted by molar-refractivity contribution is -0.108. The zero-order chi connectivity index (χ0) is 11.2. The summed E-state index contributed by atoms with van der Waals surface area (Å²) in [7, 11) is 1.85. The van der Waals surface area contributed by atoms with Gasteiger partial charge < -0.3 is 9.69 Å². The Morgan fingerprint density at radius 3 is 2.87 bits per heavy atom. The second-order valence-electron chi connectivity index (χ2n) is 3.34. The molecule has 80 valence electrons. The highest BCUT2D eigenvalue weighted by atomic mass is 79.9. The van der Waals surface area contributed by atoms with Crippen LogP contribution in [0.2, 0.25) is 0 Å². The molecule has 0 aliphatic carbocycles. The molecule has 1 aliphatic rings. The van der Waals surface area contributed by atoms with Gasteiger partial charge in [0.25, 0.3) is 0 Å². The molecule has 1 atom stereocenters. The van der Waals surface area contributed by atoms with Crippen LogP contribution in [0.3, 0.4) is 0 Å². The standard InChI is InChI=1S/C9H7Br3N2O/c1-14-7(4-15)9(11,12)6-2-5(10)3-13-8(6)14/h2-4,7H,1H3. The number of halogens is 3. The number of fused-ring (bicyclic) bond motifs is 1. The Balaban J connectivity index is 2.63. The molecule has 0 N–H and O–H groups in total. The number of hydrogen-bond acceptors (Lipinski definition) is 3. The third kappa shape index (κ3) is 1.66. The fraction of sp³-hybridized carbons (Fsp3) is 0.333. The molecule has 0 aromatic carbocycles. The van der Waals surface area contributed by atoms with E-state index in [9.17, 15) is 4.79 Å². The normalized spacial score (nSPS) is 22.7. The number of aromatic nitrogens is 1. The van der Waals surface area contributed by atoms with E-state index < -0.39 is 3.23 Å². The van der Waals surface area contributed by atoms with Gasteiger partial charge in [-0.3, -0.25) is 0 Å². The number of carbonyl (C=O) groups is 1. The molecule has 0 fully saturated rings. The lowest BCUT2D eigenvalue weighted by Gasteiger charge is -2.22. The van der Waals surface area contributed by atoms with Crippen LogP contribution in [0.25, 0.3) is 0 Å². The molecule has 1 unspecified atom stereocenters. The van der Waals surface area contributed by atoms with E-state index in [2.05, 4.69) is 52.8 Å². The van der Waals surface area contributed by atoms with Crippen LogP contribution in [-0.4, -0.2) is 24.4 Å². The average Bonchev–Trinajstić information content (AvgIpc) is 2.35. The summed E-state index contributed by atoms with van der Waals surface area (Å²) in [6.45, 7) is 0. The van der Waals surface area contributed by atoms with E-state index in [4.69, 9.17) is 0 Å². The fourth-order valence-electron chi connectivity index (χ4n) is 1.67. The maximum absolute atomic E-state index is 11.0. The summed E-state index contributed by atoms with van der Waals surface area (Å²) in [5, 5.41) is 0. The number of hydrogen-bond donors (Lipinski definition) is 0. The minimum Gasteiger partial charge on any atom is -0.347 e. The largest absolute Gasteiger partial charge is 0.347 e. The number of pyridine rings is 1. The summed E-state index contributed by atoms with van der Waals surface area (Å²) in [6, 6.07) is 1.65. The molecule has 1 aromatic rings. The van der Waals surface area contributed by atoms with E-state index in [1.807, 2.05) is 18.0 Å². The second kappa shape index (κ2) is 3.82. The molecular formula is C9H7Br3N2O. The molecule has 0 spiro atoms. The van der Waals surface area contributed by atoms with Crippen LogP contribution < -0.4 is 4.90 Å². The second-order valence-corrected chi connectivity index (χ2v) is 7.82. The van der Waals surface area contributed by atoms with Crippen LogP contribution in [0, 0.1) is 0 Å². The Kier molecular flexibility index (Phi) is 2.94. The Morgan fingerprint density at radius 2 is 2.27 bits per heavy atom. The van der Waals surface area contributed by atoms with Crippen molar-refractivity contribution in [2.24, 2.45) is 0 Å². The fourth-order valence-corrected chi connectivity index (χ4v) is 3.41. The molecule has 15 heavy (non-hydrogen) atoms. The SMILES string of the molecule is CN1c2ncc(Br)cc2C(Br)(Br)C1C=O. The van der Waals surface area contributed by atoms with Crippen LogP contribution in [-0.2, 0) is 8.03 Å². The van der Waals surface area contributed by atoms with Gasteiger partial charge in [-0.2, -0.15) is 0 Å². The first-order valence-electron chi connectivity index (χ1n) is 4.20. The van der Waals surface area contributed by atoms with Crippen molar-refractivity contribution in [3.63, 3.8) is 0 Å². The first-order chi connectivity index (χ1) is 6.98. The van der Waals surface area contributed by atoms with Crippen LogP contribution in [0.5, 0.6) is 0 Å². The monoisotopic (exact) mass is 396 g/mol. The van der Waals surface area contributed by atoms with Crippen molar-refractivity contribution in [2.75, 3.05) is 11.9 Å². The van der Waals surface area contributed by atoms with E-state index in [1.165, 1.54) is 0 Å². The molecule has 6 heteroatoms. The van der Waals surface area contributed by atoms with E-state index in [0.717, 1.165) is 22.1 Å². The van der Waals surface area contributed by atoms with Crippen molar-refractivity contribution in [3.05, 3.63) is 22.3 Å². The van der Waals surface area contributed by atoms with Gasteiger partial charge in [0.2, 0.25) is 0 Å². The first kappa shape index (κ1) is 11.5. The predicted molar refractivity (Wildman–Crippen MR) is 69.7 cm³/mol. The molecular weight excluding hydrogens is 392 g/mol. The maximum atomic E-state index is 11.0. The summed E-state index contributed by atoms with van der Waals surface area (Å²) in [5.74, 6) is 0.809. The minimum atomic E-state index is -0.553. The van der Waals surface area contributed by atoms with Crippen molar-refractivity contribution in [1.82, 2.24) is 4.98 Å². The molecule has 3 nitrogen and oxygen atoms in total. The lowest BCUT2D eigenvalue weighted by atomic mass is 10.1. The van der Waals surface area contributed by atoms with Gasteiger partial charge in [0, 0.05) is 23.3 Å². The first-order valence-corrected chi connectivity index (χ1v) is 6.58. The Bertz CT molecular complexity index is 422. The molecule has 0 bridgehead atoms. The smallest absolute Gasteiger partial charge is 0.145 e. The quantitative estimate of drug-likeness (QED) is 0.538. The van der Waals surface area contributed by atoms with Gasteiger partial charge in [-0.25, -0.2) is 4.98 Å². The molecule has 0 radical (unpaired) electrons. The summed E-state index contributed by atoms with van der Waals surface area (Å²) >= 11 is 10.4. The third-order valence-electron chi connectivity index (χ3n) is 2.44. The number of likely N-dealkylation sites (N-methyl/N-ethyl adjacent to an activating group) is 1. The van der Waals surface area contributed by atoms with Gasteiger partial charge in [-0.15, -0.1) is 0 Å². The number of carbonyl (C=O) groups excluding carboxylic acids is 1. The van der Waals surface area contributed by atoms with Gasteiger partial charge >= 0.3 is 0 Å². The van der Waals surface area contributed by atoms with Crippen molar-refractivity contribution in [2.45, 2.75) is 9.28 Å². The molecule has 1 aromatic heterocycles. The number of aldehydes is 1. The van der Waals surface area contributed by atoms with Crippen molar-refractivity contribution in [3.8, 4) is 0 Å². The number of nitrogens with zero attached hydrogens (tertiary/aromatic N) is 2. The van der Waals surface area contributed by atoms with Crippen LogP contribution in [0.1, 0.15) is 5.56 Å². The summed E-state index contributed by atoms with van der Waals surface area (Å²) in [5.41, 5.74) is 0.955. The average molecular weight is 399 g/mol. The van der Waals surface area contributed by atoms with Crippen molar-refractivity contribution in [1.29, 1.82) is 0 Å². The molecule has 2 heterocycles. The highest BCUT2D eigenvalue weighted by Crippen LogP contribution is 2.52. The lowest BCUT2D eigenvalue weighted by Crippen LogP contribution is -2.37. The van der Waals surface area contributed by atoms with E-state index >= 15 is 0 Å². The molecule has 2 rings (SSSR count). The van der Waals surface area contributed by atoms with Gasteiger partial charge in [0.15, 0.2) is 0 Å². The number of anilines is 1. The number of rotatable bonds is 1. The summed E-state index contributed by atoms with van der Waals surface area (Å²) in [6.07, 6.45) is 2.62. The van der Waals surface area contributed by atoms with Crippen LogP contribution in [0.15, 0.2) is 16.7 Å². The third-order valence-corrected chi connectivity index (χ3v) is 4.67. The van der Waals surface area contributed by atoms with Crippen LogP contribution >= 0.6 is 47.8 Å². The summed E-state index contributed by atoms with van der Waals surface area (Å²) < 4.78 is 0.340. The van der Waals surface area contributed by atoms with E-state index in [0.29, 0.717) is 0 Å². The van der Waals surface area contributed by atoms with Gasteiger partial charge in [0.05, 0.1) is 0 Å². The Hall–Kier alpha value is 0.0600. The van der Waals surface area contributed by atoms with Crippen molar-refractivity contribution >= 4 is 59.9 Å². The van der Waals surface area contributed by atoms with Gasteiger partial charge in [-0.1, -0.05) is 31.9 Å². The molecule has 0 amide bonds. The van der Waals surface area contributed by atoms with E-state index in [1.54, 1.807) is 6.20 Å². The summed E-state index contributed by atoms with van der Waals surface area (Å²) in [4.78, 5) is 17.2. The van der Waals surface area contributed by atoms with Gasteiger partial charge in [0.1, 0.15) is 21.4 Å². The molecule has 0 saturated carbocycles. The Labute approximate surface area is 113 Å². The molecule has 0 saturated heterocycles.